The lowest BCUT2D eigenvalue weighted by Crippen LogP contribution is -2.43. The van der Waals surface area contributed by atoms with Crippen molar-refractivity contribution in [3.05, 3.63) is 11.9 Å². The second kappa shape index (κ2) is 7.23. The van der Waals surface area contributed by atoms with Crippen LogP contribution >= 0.6 is 0 Å². The molecule has 0 saturated carbocycles. The van der Waals surface area contributed by atoms with E-state index in [4.69, 9.17) is 4.74 Å². The third kappa shape index (κ3) is 4.02. The number of aromatic nitrogens is 3. The molecule has 0 radical (unpaired) electrons. The van der Waals surface area contributed by atoms with Gasteiger partial charge >= 0.3 is 5.97 Å². The third-order valence-electron chi connectivity index (χ3n) is 3.33. The minimum atomic E-state index is -0.367. The number of nitrogens with one attached hydrogen (secondary N) is 1. The van der Waals surface area contributed by atoms with Crippen molar-refractivity contribution in [3.8, 4) is 0 Å². The summed E-state index contributed by atoms with van der Waals surface area (Å²) in [5, 5.41) is 11.0. The molecule has 0 aliphatic carbocycles. The molecule has 2 rings (SSSR count). The van der Waals surface area contributed by atoms with Crippen LogP contribution in [0.3, 0.4) is 0 Å². The molecule has 1 aliphatic heterocycles. The predicted octanol–water partition coefficient (Wildman–Crippen LogP) is 1.55. The van der Waals surface area contributed by atoms with Crippen molar-refractivity contribution in [2.24, 2.45) is 0 Å². The van der Waals surface area contributed by atoms with Gasteiger partial charge in [-0.05, 0) is 6.42 Å². The Balaban J connectivity index is 1.66. The third-order valence-corrected chi connectivity index (χ3v) is 3.33. The Kier molecular flexibility index (Phi) is 5.32. The minimum absolute atomic E-state index is 0.306. The first kappa shape index (κ1) is 14.0. The van der Waals surface area contributed by atoms with Gasteiger partial charge in [0.25, 0.3) is 0 Å². The second-order valence-electron chi connectivity index (χ2n) is 4.95. The summed E-state index contributed by atoms with van der Waals surface area (Å²) in [4.78, 5) is 11.7. The Morgan fingerprint density at radius 1 is 1.42 bits per heavy atom. The van der Waals surface area contributed by atoms with E-state index >= 15 is 0 Å². The molecule has 1 aromatic heterocycles. The summed E-state index contributed by atoms with van der Waals surface area (Å²) in [7, 11) is 0. The molecule has 1 saturated heterocycles. The monoisotopic (exact) mass is 266 g/mol. The summed E-state index contributed by atoms with van der Waals surface area (Å²) in [6, 6.07) is 0.322. The van der Waals surface area contributed by atoms with Gasteiger partial charge in [-0.1, -0.05) is 37.8 Å². The first-order chi connectivity index (χ1) is 9.31. The smallest absolute Gasteiger partial charge is 0.360 e. The fourth-order valence-corrected chi connectivity index (χ4v) is 1.95. The van der Waals surface area contributed by atoms with Gasteiger partial charge in [0.05, 0.1) is 18.8 Å². The molecule has 0 bridgehead atoms. The lowest BCUT2D eigenvalue weighted by atomic mass is 10.2. The van der Waals surface area contributed by atoms with Crippen LogP contribution in [0, 0.1) is 0 Å². The molecular formula is C13H22N4O2. The predicted molar refractivity (Wildman–Crippen MR) is 71.0 cm³/mol. The highest BCUT2D eigenvalue weighted by Crippen LogP contribution is 2.10. The number of carbonyl (C=O) groups excluding carboxylic acids is 1. The van der Waals surface area contributed by atoms with E-state index in [9.17, 15) is 4.79 Å². The Hall–Kier alpha value is -1.43. The van der Waals surface area contributed by atoms with E-state index in [2.05, 4.69) is 22.6 Å². The average Bonchev–Trinajstić information content (AvgIpc) is 2.80. The maximum atomic E-state index is 11.7. The Morgan fingerprint density at radius 2 is 2.21 bits per heavy atom. The lowest BCUT2D eigenvalue weighted by molar-refractivity contribution is 0.0490. The molecule has 6 heteroatoms. The molecule has 0 aromatic carbocycles. The molecule has 106 valence electrons. The van der Waals surface area contributed by atoms with Gasteiger partial charge in [-0.25, -0.2) is 9.48 Å². The van der Waals surface area contributed by atoms with E-state index in [-0.39, 0.29) is 5.97 Å². The molecule has 1 N–H and O–H groups in total. The quantitative estimate of drug-likeness (QED) is 0.571. The lowest BCUT2D eigenvalue weighted by Gasteiger charge is -2.26. The molecule has 0 atom stereocenters. The normalized spacial score (nSPS) is 15.2. The molecule has 1 fully saturated rings. The van der Waals surface area contributed by atoms with E-state index in [1.54, 1.807) is 10.9 Å². The van der Waals surface area contributed by atoms with Crippen molar-refractivity contribution in [1.82, 2.24) is 20.3 Å². The highest BCUT2D eigenvalue weighted by Gasteiger charge is 2.22. The summed E-state index contributed by atoms with van der Waals surface area (Å²) in [5.74, 6) is -0.367. The highest BCUT2D eigenvalue weighted by atomic mass is 16.5. The number of hydrogen-bond acceptors (Lipinski definition) is 5. The van der Waals surface area contributed by atoms with E-state index in [1.165, 1.54) is 19.3 Å². The van der Waals surface area contributed by atoms with Gasteiger partial charge in [0.15, 0.2) is 5.69 Å². The number of carbonyl (C=O) groups is 1. The first-order valence-electron chi connectivity index (χ1n) is 7.11. The van der Waals surface area contributed by atoms with Gasteiger partial charge in [-0.2, -0.15) is 0 Å². The fraction of sp³-hybridized carbons (Fsp3) is 0.769. The van der Waals surface area contributed by atoms with Crippen LogP contribution in [0.15, 0.2) is 6.20 Å². The van der Waals surface area contributed by atoms with Gasteiger partial charge in [-0.3, -0.25) is 0 Å². The van der Waals surface area contributed by atoms with Crippen LogP contribution in [0.25, 0.3) is 0 Å². The highest BCUT2D eigenvalue weighted by molar-refractivity contribution is 5.86. The molecule has 0 unspecified atom stereocenters. The molecule has 2 heterocycles. The van der Waals surface area contributed by atoms with Crippen LogP contribution in [-0.2, 0) is 4.74 Å². The summed E-state index contributed by atoms with van der Waals surface area (Å²) >= 11 is 0. The fourth-order valence-electron chi connectivity index (χ4n) is 1.95. The van der Waals surface area contributed by atoms with Crippen molar-refractivity contribution in [2.75, 3.05) is 19.7 Å². The van der Waals surface area contributed by atoms with Crippen LogP contribution in [0.2, 0.25) is 0 Å². The average molecular weight is 266 g/mol. The van der Waals surface area contributed by atoms with Crippen LogP contribution in [0.5, 0.6) is 0 Å². The molecular weight excluding hydrogens is 244 g/mol. The van der Waals surface area contributed by atoms with Crippen LogP contribution in [0.4, 0.5) is 0 Å². The maximum Gasteiger partial charge on any atom is 0.360 e. The molecule has 0 amide bonds. The van der Waals surface area contributed by atoms with Crippen molar-refractivity contribution >= 4 is 5.97 Å². The summed E-state index contributed by atoms with van der Waals surface area (Å²) < 4.78 is 6.91. The zero-order valence-electron chi connectivity index (χ0n) is 11.5. The SMILES string of the molecule is CCCCCCCOC(=O)c1cn(C2CNC2)nn1. The van der Waals surface area contributed by atoms with E-state index in [1.807, 2.05) is 0 Å². The van der Waals surface area contributed by atoms with Crippen molar-refractivity contribution < 1.29 is 9.53 Å². The summed E-state index contributed by atoms with van der Waals surface area (Å²) in [6.45, 7) is 4.42. The van der Waals surface area contributed by atoms with E-state index < -0.39 is 0 Å². The Bertz CT molecular complexity index is 401. The number of hydrogen-bond donors (Lipinski definition) is 1. The van der Waals surface area contributed by atoms with E-state index in [0.717, 1.165) is 25.9 Å². The number of unbranched alkanes of at least 4 members (excludes halogenated alkanes) is 4. The largest absolute Gasteiger partial charge is 0.461 e. The standard InChI is InChI=1S/C13H22N4O2/c1-2-3-4-5-6-7-19-13(18)12-10-17(16-15-12)11-8-14-9-11/h10-11,14H,2-9H2,1H3. The van der Waals surface area contributed by atoms with Gasteiger partial charge in [0.1, 0.15) is 0 Å². The number of esters is 1. The minimum Gasteiger partial charge on any atom is -0.461 e. The first-order valence-corrected chi connectivity index (χ1v) is 7.11. The van der Waals surface area contributed by atoms with Crippen LogP contribution < -0.4 is 5.32 Å². The molecule has 19 heavy (non-hydrogen) atoms. The Labute approximate surface area is 113 Å². The van der Waals surface area contributed by atoms with Crippen LogP contribution in [0.1, 0.15) is 55.6 Å². The maximum absolute atomic E-state index is 11.7. The number of ether oxygens (including phenoxy) is 1. The van der Waals surface area contributed by atoms with Gasteiger partial charge < -0.3 is 10.1 Å². The zero-order valence-corrected chi connectivity index (χ0v) is 11.5. The topological polar surface area (TPSA) is 69.0 Å². The molecule has 1 aliphatic rings. The molecule has 0 spiro atoms. The van der Waals surface area contributed by atoms with Crippen LogP contribution in [-0.4, -0.2) is 40.7 Å². The summed E-state index contributed by atoms with van der Waals surface area (Å²) in [5.41, 5.74) is 0.306. The number of rotatable bonds is 8. The molecule has 1 aromatic rings. The zero-order chi connectivity index (χ0) is 13.5. The van der Waals surface area contributed by atoms with Gasteiger partial charge in [-0.15, -0.1) is 5.10 Å². The van der Waals surface area contributed by atoms with E-state index in [0.29, 0.717) is 18.3 Å². The Morgan fingerprint density at radius 3 is 2.89 bits per heavy atom. The van der Waals surface area contributed by atoms with Crippen molar-refractivity contribution in [2.45, 2.75) is 45.1 Å². The van der Waals surface area contributed by atoms with Gasteiger partial charge in [0.2, 0.25) is 0 Å². The van der Waals surface area contributed by atoms with Crippen molar-refractivity contribution in [3.63, 3.8) is 0 Å². The molecule has 6 nitrogen and oxygen atoms in total. The number of nitrogens with zero attached hydrogens (tertiary/aromatic N) is 3. The summed E-state index contributed by atoms with van der Waals surface area (Å²) in [6.07, 6.45) is 7.38. The second-order valence-corrected chi connectivity index (χ2v) is 4.95. The van der Waals surface area contributed by atoms with Gasteiger partial charge in [0, 0.05) is 13.1 Å². The van der Waals surface area contributed by atoms with Crippen molar-refractivity contribution in [1.29, 1.82) is 0 Å².